The number of aliphatic hydroxyl groups is 1. The second-order valence-electron chi connectivity index (χ2n) is 25.2. The third kappa shape index (κ3) is 7.91. The summed E-state index contributed by atoms with van der Waals surface area (Å²) in [6.45, 7) is 2.94. The number of carbonyl (C=O) groups is 2. The Morgan fingerprint density at radius 1 is 0.903 bits per heavy atom. The largest absolute Gasteiger partial charge is 0.504 e. The number of hydrogen-bond donors (Lipinski definition) is 4. The van der Waals surface area contributed by atoms with Crippen LogP contribution < -0.4 is 15.8 Å². The van der Waals surface area contributed by atoms with Gasteiger partial charge in [0.25, 0.3) is 0 Å². The van der Waals surface area contributed by atoms with Crippen LogP contribution in [0.5, 0.6) is 11.5 Å². The van der Waals surface area contributed by atoms with Gasteiger partial charge in [-0.25, -0.2) is 0 Å². The van der Waals surface area contributed by atoms with Crippen molar-refractivity contribution in [3.63, 3.8) is 0 Å². The van der Waals surface area contributed by atoms with E-state index < -0.39 is 17.3 Å². The van der Waals surface area contributed by atoms with Crippen molar-refractivity contribution in [3.05, 3.63) is 83.0 Å². The summed E-state index contributed by atoms with van der Waals surface area (Å²) >= 11 is 0. The van der Waals surface area contributed by atoms with Crippen molar-refractivity contribution in [3.8, 4) is 11.5 Å². The summed E-state index contributed by atoms with van der Waals surface area (Å²) in [6.07, 6.45) is 30.6. The van der Waals surface area contributed by atoms with Crippen LogP contribution in [0.4, 0.5) is 0 Å². The number of nitrogens with two attached hydrogens (primary N) is 1. The number of nitrogens with one attached hydrogen (secondary N) is 1. The molecular formula is C60H78N4O6S2. The number of guanidine groups is 1. The molecule has 14 atom stereocenters. The summed E-state index contributed by atoms with van der Waals surface area (Å²) in [5.41, 5.74) is 9.89. The first-order valence-electron chi connectivity index (χ1n) is 28.5. The minimum Gasteiger partial charge on any atom is -0.504 e. The number of hydrogen-bond acceptors (Lipinski definition) is 11. The van der Waals surface area contributed by atoms with Crippen molar-refractivity contribution >= 4 is 39.4 Å². The summed E-state index contributed by atoms with van der Waals surface area (Å²) in [5.74, 6) is 3.49. The second-order valence-corrected chi connectivity index (χ2v) is 27.9. The van der Waals surface area contributed by atoms with Gasteiger partial charge in [0, 0.05) is 78.4 Å². The lowest BCUT2D eigenvalue weighted by atomic mass is 9.60. The highest BCUT2D eigenvalue weighted by molar-refractivity contribution is 8.77. The molecular weight excluding hydrogens is 937 g/mol. The van der Waals surface area contributed by atoms with Gasteiger partial charge >= 0.3 is 5.97 Å². The highest BCUT2D eigenvalue weighted by Gasteiger charge is 2.60. The van der Waals surface area contributed by atoms with Gasteiger partial charge in [0.15, 0.2) is 17.5 Å². The Kier molecular flexibility index (Phi) is 12.2. The number of rotatable bonds is 2. The predicted molar refractivity (Wildman–Crippen MR) is 285 cm³/mol. The first kappa shape index (κ1) is 48.1. The van der Waals surface area contributed by atoms with Crippen LogP contribution >= 0.6 is 21.6 Å². The van der Waals surface area contributed by atoms with Crippen LogP contribution in [0.15, 0.2) is 65.7 Å². The standard InChI is InChI=1S/C60H78N4O6S2/c1-37(65)69-57-26-18-41-30-43(53(68)54-52(41)42-19-28-59(70-54)24-7-11-44(59)31-42)35-64-36-58(33-51(64)67)45(14-16-48(58)38-9-3-2-4-10-38)34-62-55(61)63-60(25-8-23-56(60)21-5-6-22-56)72-71-50-17-13-39-29-40(50)12-15-46(39)47(20-27-57)49(66)32-57/h2-4,9-10,13,17,19,28,30,39-40,42,44-50,66,68H,5-8,11-12,14-16,18,20-27,29,31-36H2,1H3,(H3,61,62,63). The smallest absolute Gasteiger partial charge is 0.303 e. The Morgan fingerprint density at radius 3 is 2.58 bits per heavy atom. The number of ether oxygens (including phenoxy) is 2. The van der Waals surface area contributed by atoms with E-state index >= 15 is 0 Å². The van der Waals surface area contributed by atoms with Crippen molar-refractivity contribution in [1.82, 2.24) is 10.2 Å². The summed E-state index contributed by atoms with van der Waals surface area (Å²) < 4.78 is 13.6. The third-order valence-corrected chi connectivity index (χ3v) is 25.5. The Labute approximate surface area is 435 Å². The fourth-order valence-electron chi connectivity index (χ4n) is 18.3. The maximum absolute atomic E-state index is 14.9. The van der Waals surface area contributed by atoms with Crippen molar-refractivity contribution < 1.29 is 29.3 Å². The number of nitrogens with zero attached hydrogens (tertiary/aromatic N) is 2. The molecule has 12 heteroatoms. The lowest BCUT2D eigenvalue weighted by Gasteiger charge is -2.50. The molecule has 6 saturated carbocycles. The maximum atomic E-state index is 14.9. The van der Waals surface area contributed by atoms with E-state index in [9.17, 15) is 19.8 Å². The Morgan fingerprint density at radius 2 is 1.75 bits per heavy atom. The molecule has 12 bridgehead atoms. The molecule has 386 valence electrons. The van der Waals surface area contributed by atoms with Crippen molar-refractivity contribution in [2.24, 2.45) is 57.1 Å². The Bertz CT molecular complexity index is 2540. The molecule has 0 radical (unpaired) electrons. The van der Waals surface area contributed by atoms with E-state index in [0.717, 1.165) is 81.8 Å². The van der Waals surface area contributed by atoms with Gasteiger partial charge in [0.2, 0.25) is 5.91 Å². The van der Waals surface area contributed by atoms with Gasteiger partial charge in [-0.1, -0.05) is 83.0 Å². The number of phenolic OH excluding ortho intramolecular Hbond substituents is 1. The number of aliphatic imine (C=N–C) groups is 1. The molecule has 2 aromatic carbocycles. The van der Waals surface area contributed by atoms with Crippen LogP contribution in [0.1, 0.15) is 176 Å². The fourth-order valence-corrected chi connectivity index (χ4v) is 22.4. The topological polar surface area (TPSA) is 147 Å². The van der Waals surface area contributed by atoms with E-state index in [4.69, 9.17) is 20.2 Å². The van der Waals surface area contributed by atoms with Crippen LogP contribution in [0.3, 0.4) is 0 Å². The van der Waals surface area contributed by atoms with Gasteiger partial charge in [-0.3, -0.25) is 14.6 Å². The number of allylic oxidation sites excluding steroid dienone is 2. The Balaban J connectivity index is 0.895. The molecule has 16 aliphatic rings. The van der Waals surface area contributed by atoms with E-state index in [1.165, 1.54) is 57.4 Å². The lowest BCUT2D eigenvalue weighted by molar-refractivity contribution is -0.171. The van der Waals surface area contributed by atoms with Crippen LogP contribution in [-0.4, -0.2) is 73.5 Å². The molecule has 8 heterocycles. The third-order valence-electron chi connectivity index (χ3n) is 21.8. The van der Waals surface area contributed by atoms with E-state index in [0.29, 0.717) is 85.0 Å². The van der Waals surface area contributed by atoms with E-state index in [1.807, 2.05) is 4.90 Å². The van der Waals surface area contributed by atoms with E-state index in [-0.39, 0.29) is 63.5 Å². The highest BCUT2D eigenvalue weighted by Crippen LogP contribution is 2.65. The molecule has 10 nitrogen and oxygen atoms in total. The number of carbonyl (C=O) groups excluding carboxylic acids is 2. The van der Waals surface area contributed by atoms with Crippen LogP contribution in [-0.2, 0) is 27.3 Å². The van der Waals surface area contributed by atoms with Gasteiger partial charge in [-0.15, -0.1) is 0 Å². The second kappa shape index (κ2) is 18.3. The quantitative estimate of drug-likeness (QED) is 0.130. The number of aliphatic hydroxyl groups excluding tert-OH is 1. The van der Waals surface area contributed by atoms with Gasteiger partial charge < -0.3 is 35.6 Å². The molecule has 7 fully saturated rings. The van der Waals surface area contributed by atoms with Gasteiger partial charge in [-0.05, 0) is 174 Å². The molecule has 2 aromatic rings. The summed E-state index contributed by atoms with van der Waals surface area (Å²) in [6, 6.07) is 13.0. The minimum absolute atomic E-state index is 0.0903. The summed E-state index contributed by atoms with van der Waals surface area (Å²) in [7, 11) is 4.15. The number of phenols is 1. The van der Waals surface area contributed by atoms with Gasteiger partial charge in [0.1, 0.15) is 16.1 Å². The molecule has 18 rings (SSSR count). The van der Waals surface area contributed by atoms with Crippen molar-refractivity contribution in [2.45, 2.75) is 194 Å². The van der Waals surface area contributed by atoms with Crippen LogP contribution in [0, 0.1) is 46.3 Å². The zero-order valence-electron chi connectivity index (χ0n) is 42.5. The first-order valence-corrected chi connectivity index (χ1v) is 30.7. The minimum atomic E-state index is -0.806. The van der Waals surface area contributed by atoms with Gasteiger partial charge in [-0.2, -0.15) is 0 Å². The number of amides is 1. The van der Waals surface area contributed by atoms with Crippen molar-refractivity contribution in [2.75, 3.05) is 13.1 Å². The zero-order chi connectivity index (χ0) is 49.0. The monoisotopic (exact) mass is 1010 g/mol. The van der Waals surface area contributed by atoms with E-state index in [2.05, 4.69) is 87.6 Å². The molecule has 4 spiro atoms. The SMILES string of the molecule is CC(=O)OC12CCc3cc(c(O)c4c3C3C=CC5(CCCC5C3)O4)CN3CC4(CC3=O)C(CCC4c3ccccc3)CN=C(N)NC3(CCCC34CCCC4)SSC3C=CC4CC3CCC4C(CC1)C(O)C2. The molecule has 1 saturated heterocycles. The summed E-state index contributed by atoms with van der Waals surface area (Å²) in [5, 5.41) is 29.4. The average Bonchev–Trinajstić information content (AvgIpc) is 4.19. The zero-order valence-corrected chi connectivity index (χ0v) is 44.2. The average molecular weight is 1020 g/mol. The molecule has 72 heavy (non-hydrogen) atoms. The molecule has 8 aliphatic heterocycles. The number of aromatic hydroxyl groups is 1. The molecule has 8 aliphatic carbocycles. The van der Waals surface area contributed by atoms with E-state index in [1.54, 1.807) is 0 Å². The number of esters is 1. The molecule has 1 amide bonds. The number of aryl methyl sites for hydroxylation is 1. The Hall–Kier alpha value is -3.61. The molecule has 14 unspecified atom stereocenters. The summed E-state index contributed by atoms with van der Waals surface area (Å²) in [4.78, 5) is 35.1. The van der Waals surface area contributed by atoms with Gasteiger partial charge in [0.05, 0.1) is 6.10 Å². The predicted octanol–water partition coefficient (Wildman–Crippen LogP) is 11.4. The van der Waals surface area contributed by atoms with Crippen LogP contribution in [0.25, 0.3) is 0 Å². The highest BCUT2D eigenvalue weighted by atomic mass is 33.1. The maximum Gasteiger partial charge on any atom is 0.303 e. The fraction of sp³-hybridized carbons (Fsp3) is 0.683. The molecule has 5 N–H and O–H groups in total. The van der Waals surface area contributed by atoms with Crippen molar-refractivity contribution in [1.29, 1.82) is 0 Å². The number of benzene rings is 2. The first-order chi connectivity index (χ1) is 34.9. The lowest BCUT2D eigenvalue weighted by Crippen LogP contribution is -2.56. The normalized spacial score (nSPS) is 41.8. The molecule has 0 aromatic heterocycles. The van der Waals surface area contributed by atoms with Crippen LogP contribution in [0.2, 0.25) is 0 Å².